The number of hydrogen-bond acceptors (Lipinski definition) is 2. The fraction of sp³-hybridized carbons (Fsp3) is 0.667. The molecule has 1 aromatic rings. The highest BCUT2D eigenvalue weighted by Crippen LogP contribution is 2.25. The summed E-state index contributed by atoms with van der Waals surface area (Å²) in [4.78, 5) is 0. The third-order valence-corrected chi connectivity index (χ3v) is 3.99. The molecule has 2 rings (SSSR count). The lowest BCUT2D eigenvalue weighted by molar-refractivity contribution is 0.107. The van der Waals surface area contributed by atoms with Crippen LogP contribution in [-0.2, 0) is 17.6 Å². The zero-order chi connectivity index (χ0) is 14.4. The highest BCUT2D eigenvalue weighted by Gasteiger charge is 2.13. The van der Waals surface area contributed by atoms with Gasteiger partial charge in [-0.1, -0.05) is 32.0 Å². The molecule has 0 fully saturated rings. The van der Waals surface area contributed by atoms with Gasteiger partial charge in [-0.25, -0.2) is 0 Å². The summed E-state index contributed by atoms with van der Waals surface area (Å²) in [6.45, 7) is 9.40. The second kappa shape index (κ2) is 7.80. The molecule has 0 aliphatic heterocycles. The van der Waals surface area contributed by atoms with Gasteiger partial charge >= 0.3 is 0 Å². The van der Waals surface area contributed by atoms with Crippen LogP contribution >= 0.6 is 0 Å². The SMILES string of the molecule is CC(C)COCCCNC(C)c1ccc2c(c1)CCC2. The van der Waals surface area contributed by atoms with Crippen molar-refractivity contribution in [2.75, 3.05) is 19.8 Å². The monoisotopic (exact) mass is 275 g/mol. The van der Waals surface area contributed by atoms with Crippen molar-refractivity contribution in [2.24, 2.45) is 5.92 Å². The molecule has 0 saturated carbocycles. The van der Waals surface area contributed by atoms with Crippen molar-refractivity contribution in [1.82, 2.24) is 5.32 Å². The summed E-state index contributed by atoms with van der Waals surface area (Å²) in [5.74, 6) is 0.633. The van der Waals surface area contributed by atoms with Crippen LogP contribution in [0.3, 0.4) is 0 Å². The van der Waals surface area contributed by atoms with Gasteiger partial charge < -0.3 is 10.1 Å². The third kappa shape index (κ3) is 4.60. The van der Waals surface area contributed by atoms with E-state index in [1.165, 1.54) is 24.8 Å². The summed E-state index contributed by atoms with van der Waals surface area (Å²) in [5.41, 5.74) is 4.55. The summed E-state index contributed by atoms with van der Waals surface area (Å²) in [5, 5.41) is 3.60. The lowest BCUT2D eigenvalue weighted by Crippen LogP contribution is -2.21. The van der Waals surface area contributed by atoms with E-state index in [0.717, 1.165) is 26.2 Å². The summed E-state index contributed by atoms with van der Waals surface area (Å²) in [7, 11) is 0. The van der Waals surface area contributed by atoms with Crippen molar-refractivity contribution in [2.45, 2.75) is 52.5 Å². The average Bonchev–Trinajstić information content (AvgIpc) is 2.89. The molecule has 1 aliphatic carbocycles. The Balaban J connectivity index is 1.68. The van der Waals surface area contributed by atoms with E-state index >= 15 is 0 Å². The second-order valence-corrected chi connectivity index (χ2v) is 6.38. The maximum Gasteiger partial charge on any atom is 0.0489 e. The quantitative estimate of drug-likeness (QED) is 0.727. The number of hydrogen-bond donors (Lipinski definition) is 1. The van der Waals surface area contributed by atoms with Crippen molar-refractivity contribution >= 4 is 0 Å². The Morgan fingerprint density at radius 1 is 1.15 bits per heavy atom. The van der Waals surface area contributed by atoms with Crippen LogP contribution in [0.25, 0.3) is 0 Å². The number of ether oxygens (including phenoxy) is 1. The van der Waals surface area contributed by atoms with Crippen LogP contribution in [0.2, 0.25) is 0 Å². The first kappa shape index (κ1) is 15.5. The van der Waals surface area contributed by atoms with Crippen molar-refractivity contribution in [3.05, 3.63) is 34.9 Å². The molecule has 0 heterocycles. The topological polar surface area (TPSA) is 21.3 Å². The van der Waals surface area contributed by atoms with E-state index in [1.807, 2.05) is 0 Å². The Labute approximate surface area is 123 Å². The van der Waals surface area contributed by atoms with Crippen molar-refractivity contribution in [1.29, 1.82) is 0 Å². The van der Waals surface area contributed by atoms with Crippen LogP contribution in [0, 0.1) is 5.92 Å². The van der Waals surface area contributed by atoms with E-state index in [0.29, 0.717) is 12.0 Å². The highest BCUT2D eigenvalue weighted by molar-refractivity contribution is 5.36. The summed E-state index contributed by atoms with van der Waals surface area (Å²) in [6.07, 6.45) is 4.94. The maximum absolute atomic E-state index is 5.60. The fourth-order valence-corrected chi connectivity index (χ4v) is 2.79. The molecule has 0 saturated heterocycles. The Morgan fingerprint density at radius 2 is 1.95 bits per heavy atom. The van der Waals surface area contributed by atoms with Gasteiger partial charge in [0.25, 0.3) is 0 Å². The fourth-order valence-electron chi connectivity index (χ4n) is 2.79. The number of rotatable bonds is 8. The normalized spacial score (nSPS) is 15.6. The molecule has 2 heteroatoms. The van der Waals surface area contributed by atoms with Crippen LogP contribution in [0.1, 0.15) is 56.3 Å². The number of nitrogens with one attached hydrogen (secondary N) is 1. The molecule has 1 N–H and O–H groups in total. The predicted octanol–water partition coefficient (Wildman–Crippen LogP) is 3.89. The summed E-state index contributed by atoms with van der Waals surface area (Å²) < 4.78 is 5.60. The molecular weight excluding hydrogens is 246 g/mol. The Bertz CT molecular complexity index is 414. The van der Waals surface area contributed by atoms with E-state index in [-0.39, 0.29) is 0 Å². The average molecular weight is 275 g/mol. The molecule has 0 spiro atoms. The van der Waals surface area contributed by atoms with Gasteiger partial charge in [-0.3, -0.25) is 0 Å². The molecule has 0 bridgehead atoms. The van der Waals surface area contributed by atoms with Crippen molar-refractivity contribution in [3.8, 4) is 0 Å². The van der Waals surface area contributed by atoms with Gasteiger partial charge in [0.2, 0.25) is 0 Å². The van der Waals surface area contributed by atoms with Gasteiger partial charge in [0.15, 0.2) is 0 Å². The number of fused-ring (bicyclic) bond motifs is 1. The van der Waals surface area contributed by atoms with E-state index in [4.69, 9.17) is 4.74 Å². The lowest BCUT2D eigenvalue weighted by atomic mass is 10.0. The lowest BCUT2D eigenvalue weighted by Gasteiger charge is -2.16. The van der Waals surface area contributed by atoms with Gasteiger partial charge in [-0.15, -0.1) is 0 Å². The first-order valence-corrected chi connectivity index (χ1v) is 8.09. The van der Waals surface area contributed by atoms with E-state index < -0.39 is 0 Å². The highest BCUT2D eigenvalue weighted by atomic mass is 16.5. The second-order valence-electron chi connectivity index (χ2n) is 6.38. The van der Waals surface area contributed by atoms with Gasteiger partial charge in [0, 0.05) is 19.3 Å². The van der Waals surface area contributed by atoms with E-state index in [2.05, 4.69) is 44.3 Å². The standard InChI is InChI=1S/C18H29NO/c1-14(2)13-20-11-5-10-19-15(3)17-9-8-16-6-4-7-18(16)12-17/h8-9,12,14-15,19H,4-7,10-11,13H2,1-3H3. The van der Waals surface area contributed by atoms with Gasteiger partial charge in [0.1, 0.15) is 0 Å². The molecule has 0 radical (unpaired) electrons. The molecule has 1 atom stereocenters. The Morgan fingerprint density at radius 3 is 2.75 bits per heavy atom. The zero-order valence-corrected chi connectivity index (χ0v) is 13.2. The van der Waals surface area contributed by atoms with Crippen LogP contribution in [0.5, 0.6) is 0 Å². The third-order valence-electron chi connectivity index (χ3n) is 3.99. The minimum atomic E-state index is 0.436. The maximum atomic E-state index is 5.60. The number of benzene rings is 1. The molecule has 0 aromatic heterocycles. The largest absolute Gasteiger partial charge is 0.381 e. The van der Waals surface area contributed by atoms with Crippen molar-refractivity contribution < 1.29 is 4.74 Å². The van der Waals surface area contributed by atoms with Gasteiger partial charge in [-0.2, -0.15) is 0 Å². The smallest absolute Gasteiger partial charge is 0.0489 e. The minimum Gasteiger partial charge on any atom is -0.381 e. The molecular formula is C18H29NO. The molecule has 2 nitrogen and oxygen atoms in total. The zero-order valence-electron chi connectivity index (χ0n) is 13.2. The minimum absolute atomic E-state index is 0.436. The molecule has 112 valence electrons. The van der Waals surface area contributed by atoms with Crippen molar-refractivity contribution in [3.63, 3.8) is 0 Å². The molecule has 1 aromatic carbocycles. The summed E-state index contributed by atoms with van der Waals surface area (Å²) >= 11 is 0. The molecule has 0 amide bonds. The van der Waals surface area contributed by atoms with E-state index in [1.54, 1.807) is 11.1 Å². The Hall–Kier alpha value is -0.860. The molecule has 1 aliphatic rings. The first-order valence-electron chi connectivity index (χ1n) is 8.09. The first-order chi connectivity index (χ1) is 9.66. The van der Waals surface area contributed by atoms with Crippen LogP contribution in [-0.4, -0.2) is 19.8 Å². The Kier molecular flexibility index (Phi) is 6.06. The molecule has 1 unspecified atom stereocenters. The molecule has 20 heavy (non-hydrogen) atoms. The van der Waals surface area contributed by atoms with Gasteiger partial charge in [0.05, 0.1) is 0 Å². The van der Waals surface area contributed by atoms with Crippen LogP contribution in [0.15, 0.2) is 18.2 Å². The van der Waals surface area contributed by atoms with Crippen LogP contribution in [0.4, 0.5) is 0 Å². The number of aryl methyl sites for hydroxylation is 2. The van der Waals surface area contributed by atoms with Gasteiger partial charge in [-0.05, 0) is 61.8 Å². The predicted molar refractivity (Wildman–Crippen MR) is 85.2 cm³/mol. The van der Waals surface area contributed by atoms with E-state index in [9.17, 15) is 0 Å². The summed E-state index contributed by atoms with van der Waals surface area (Å²) in [6, 6.07) is 7.44. The van der Waals surface area contributed by atoms with Crippen LogP contribution < -0.4 is 5.32 Å².